The van der Waals surface area contributed by atoms with Gasteiger partial charge in [-0.15, -0.1) is 0 Å². The maximum Gasteiger partial charge on any atom is 0.419 e. The van der Waals surface area contributed by atoms with Crippen LogP contribution in [0.2, 0.25) is 0 Å². The Hall–Kier alpha value is -2.31. The predicted octanol–water partition coefficient (Wildman–Crippen LogP) is 3.89. The van der Waals surface area contributed by atoms with E-state index in [1.54, 1.807) is 7.05 Å². The minimum absolute atomic E-state index is 0.119. The number of para-hydroxylation sites is 1. The number of nitrogens with zero attached hydrogens (tertiary/aromatic N) is 2. The van der Waals surface area contributed by atoms with E-state index in [4.69, 9.17) is 4.74 Å². The summed E-state index contributed by atoms with van der Waals surface area (Å²) in [6.45, 7) is 1.85. The number of benzene rings is 1. The van der Waals surface area contributed by atoms with Gasteiger partial charge in [0.15, 0.2) is 0 Å². The second kappa shape index (κ2) is 5.99. The van der Waals surface area contributed by atoms with Gasteiger partial charge in [0.05, 0.1) is 11.1 Å². The van der Waals surface area contributed by atoms with E-state index >= 15 is 0 Å². The van der Waals surface area contributed by atoms with Crippen LogP contribution in [0.3, 0.4) is 0 Å². The van der Waals surface area contributed by atoms with Gasteiger partial charge < -0.3 is 10.1 Å². The first-order chi connectivity index (χ1) is 9.97. The number of rotatable bonds is 4. The predicted molar refractivity (Wildman–Crippen MR) is 72.5 cm³/mol. The van der Waals surface area contributed by atoms with E-state index in [-0.39, 0.29) is 11.6 Å². The normalized spacial score (nSPS) is 11.3. The Morgan fingerprint density at radius 2 is 1.90 bits per heavy atom. The molecule has 0 amide bonds. The molecule has 7 heteroatoms. The Morgan fingerprint density at radius 3 is 2.52 bits per heavy atom. The van der Waals surface area contributed by atoms with Gasteiger partial charge in [0.2, 0.25) is 5.88 Å². The van der Waals surface area contributed by atoms with Crippen molar-refractivity contribution in [2.75, 3.05) is 12.4 Å². The molecule has 0 radical (unpaired) electrons. The van der Waals surface area contributed by atoms with E-state index < -0.39 is 11.7 Å². The molecule has 4 nitrogen and oxygen atoms in total. The zero-order valence-corrected chi connectivity index (χ0v) is 11.5. The van der Waals surface area contributed by atoms with Crippen LogP contribution in [0, 0.1) is 0 Å². The number of alkyl halides is 3. The van der Waals surface area contributed by atoms with E-state index in [1.165, 1.54) is 24.5 Å². The first-order valence-corrected chi connectivity index (χ1v) is 6.33. The molecule has 0 fully saturated rings. The Kier molecular flexibility index (Phi) is 4.30. The van der Waals surface area contributed by atoms with E-state index in [1.807, 2.05) is 6.92 Å². The Morgan fingerprint density at radius 1 is 1.19 bits per heavy atom. The molecule has 0 unspecified atom stereocenters. The van der Waals surface area contributed by atoms with Crippen molar-refractivity contribution < 1.29 is 17.9 Å². The first kappa shape index (κ1) is 15.1. The summed E-state index contributed by atoms with van der Waals surface area (Å²) in [6, 6.07) is 5.04. The molecule has 112 valence electrons. The third-order valence-electron chi connectivity index (χ3n) is 2.90. The van der Waals surface area contributed by atoms with Crippen molar-refractivity contribution in [2.24, 2.45) is 0 Å². The van der Waals surface area contributed by atoms with E-state index in [2.05, 4.69) is 15.3 Å². The highest BCUT2D eigenvalue weighted by Gasteiger charge is 2.34. The number of hydrogen-bond donors (Lipinski definition) is 1. The van der Waals surface area contributed by atoms with Crippen molar-refractivity contribution in [1.82, 2.24) is 9.97 Å². The van der Waals surface area contributed by atoms with Crippen LogP contribution in [0.4, 0.5) is 19.0 Å². The van der Waals surface area contributed by atoms with Crippen LogP contribution in [0.5, 0.6) is 11.6 Å². The largest absolute Gasteiger partial charge is 0.438 e. The Labute approximate surface area is 120 Å². The molecule has 1 heterocycles. The quantitative estimate of drug-likeness (QED) is 0.930. The SMILES string of the molecule is CCc1c(NC)ncnc1Oc1ccccc1C(F)(F)F. The summed E-state index contributed by atoms with van der Waals surface area (Å²) in [6.07, 6.45) is -2.71. The van der Waals surface area contributed by atoms with Gasteiger partial charge in [-0.1, -0.05) is 19.1 Å². The molecule has 1 N–H and O–H groups in total. The smallest absolute Gasteiger partial charge is 0.419 e. The van der Waals surface area contributed by atoms with Crippen molar-refractivity contribution in [3.63, 3.8) is 0 Å². The Bertz CT molecular complexity index is 629. The standard InChI is InChI=1S/C14H14F3N3O/c1-3-9-12(18-2)19-8-20-13(9)21-11-7-5-4-6-10(11)14(15,16)17/h4-8H,3H2,1-2H3,(H,18,19,20). The molecular weight excluding hydrogens is 283 g/mol. The van der Waals surface area contributed by atoms with Gasteiger partial charge in [-0.3, -0.25) is 0 Å². The van der Waals surface area contributed by atoms with Gasteiger partial charge in [0, 0.05) is 7.05 Å². The molecule has 0 aliphatic heterocycles. The summed E-state index contributed by atoms with van der Waals surface area (Å²) in [5.41, 5.74) is -0.214. The molecule has 0 aliphatic carbocycles. The lowest BCUT2D eigenvalue weighted by atomic mass is 10.2. The van der Waals surface area contributed by atoms with E-state index in [0.29, 0.717) is 17.8 Å². The highest BCUT2D eigenvalue weighted by Crippen LogP contribution is 2.38. The number of nitrogens with one attached hydrogen (secondary N) is 1. The van der Waals surface area contributed by atoms with E-state index in [0.717, 1.165) is 6.07 Å². The number of ether oxygens (including phenoxy) is 1. The number of halogens is 3. The van der Waals surface area contributed by atoms with Crippen LogP contribution in [0.15, 0.2) is 30.6 Å². The minimum Gasteiger partial charge on any atom is -0.438 e. The highest BCUT2D eigenvalue weighted by atomic mass is 19.4. The number of aromatic nitrogens is 2. The van der Waals surface area contributed by atoms with Crippen molar-refractivity contribution in [3.05, 3.63) is 41.7 Å². The molecule has 0 bridgehead atoms. The summed E-state index contributed by atoms with van der Waals surface area (Å²) < 4.78 is 44.3. The first-order valence-electron chi connectivity index (χ1n) is 6.33. The summed E-state index contributed by atoms with van der Waals surface area (Å²) in [4.78, 5) is 7.95. The van der Waals surface area contributed by atoms with Gasteiger partial charge in [0.1, 0.15) is 17.9 Å². The fourth-order valence-corrected chi connectivity index (χ4v) is 1.91. The Balaban J connectivity index is 2.44. The molecule has 2 aromatic rings. The van der Waals surface area contributed by atoms with Gasteiger partial charge in [-0.25, -0.2) is 9.97 Å². The lowest BCUT2D eigenvalue weighted by molar-refractivity contribution is -0.138. The van der Waals surface area contributed by atoms with Crippen LogP contribution in [0.1, 0.15) is 18.1 Å². The van der Waals surface area contributed by atoms with Gasteiger partial charge in [0.25, 0.3) is 0 Å². The zero-order valence-electron chi connectivity index (χ0n) is 11.5. The molecule has 0 aliphatic rings. The van der Waals surface area contributed by atoms with Crippen molar-refractivity contribution in [3.8, 4) is 11.6 Å². The average Bonchev–Trinajstić information content (AvgIpc) is 2.46. The molecule has 21 heavy (non-hydrogen) atoms. The van der Waals surface area contributed by atoms with Gasteiger partial charge in [-0.2, -0.15) is 13.2 Å². The molecule has 1 aromatic heterocycles. The lowest BCUT2D eigenvalue weighted by Gasteiger charge is -2.15. The maximum absolute atomic E-state index is 13.0. The number of hydrogen-bond acceptors (Lipinski definition) is 4. The second-order valence-corrected chi connectivity index (χ2v) is 4.21. The lowest BCUT2D eigenvalue weighted by Crippen LogP contribution is -2.08. The molecule has 0 atom stereocenters. The fraction of sp³-hybridized carbons (Fsp3) is 0.286. The molecule has 0 saturated heterocycles. The summed E-state index contributed by atoms with van der Waals surface area (Å²) in [7, 11) is 1.68. The molecule has 0 saturated carbocycles. The maximum atomic E-state index is 13.0. The van der Waals surface area contributed by atoms with Gasteiger partial charge >= 0.3 is 6.18 Å². The second-order valence-electron chi connectivity index (χ2n) is 4.21. The number of anilines is 1. The van der Waals surface area contributed by atoms with Crippen LogP contribution >= 0.6 is 0 Å². The average molecular weight is 297 g/mol. The van der Waals surface area contributed by atoms with Crippen molar-refractivity contribution >= 4 is 5.82 Å². The molecule has 0 spiro atoms. The highest BCUT2D eigenvalue weighted by molar-refractivity contribution is 5.50. The third-order valence-corrected chi connectivity index (χ3v) is 2.90. The van der Waals surface area contributed by atoms with Crippen LogP contribution in [-0.2, 0) is 12.6 Å². The van der Waals surface area contributed by atoms with Crippen molar-refractivity contribution in [1.29, 1.82) is 0 Å². The molecule has 1 aromatic carbocycles. The topological polar surface area (TPSA) is 47.0 Å². The molecule has 2 rings (SSSR count). The van der Waals surface area contributed by atoms with Crippen molar-refractivity contribution in [2.45, 2.75) is 19.5 Å². The minimum atomic E-state index is -4.48. The molecular formula is C14H14F3N3O. The van der Waals surface area contributed by atoms with E-state index in [9.17, 15) is 13.2 Å². The van der Waals surface area contributed by atoms with Gasteiger partial charge in [-0.05, 0) is 18.6 Å². The summed E-state index contributed by atoms with van der Waals surface area (Å²) >= 11 is 0. The van der Waals surface area contributed by atoms with Crippen LogP contribution in [0.25, 0.3) is 0 Å². The summed E-state index contributed by atoms with van der Waals surface area (Å²) in [5, 5.41) is 2.86. The van der Waals surface area contributed by atoms with Crippen LogP contribution in [-0.4, -0.2) is 17.0 Å². The third kappa shape index (κ3) is 3.24. The zero-order chi connectivity index (χ0) is 15.5. The fourth-order valence-electron chi connectivity index (χ4n) is 1.91. The monoisotopic (exact) mass is 297 g/mol. The summed E-state index contributed by atoms with van der Waals surface area (Å²) in [5.74, 6) is 0.376. The van der Waals surface area contributed by atoms with Crippen LogP contribution < -0.4 is 10.1 Å².